The molecule has 5 rings (SSSR count). The number of nitrogens with zero attached hydrogens (tertiary/aromatic N) is 7. The molecule has 210 valence electrons. The topological polar surface area (TPSA) is 177 Å². The van der Waals surface area contributed by atoms with Crippen LogP contribution in [0.3, 0.4) is 0 Å². The number of nitrogens with one attached hydrogen (secondary N) is 3. The van der Waals surface area contributed by atoms with Crippen LogP contribution >= 0.6 is 0 Å². The molecule has 1 atom stereocenters. The van der Waals surface area contributed by atoms with E-state index in [-0.39, 0.29) is 46.2 Å². The lowest BCUT2D eigenvalue weighted by molar-refractivity contribution is -0.508. The summed E-state index contributed by atoms with van der Waals surface area (Å²) in [6.07, 6.45) is 14.9. The largest absolute Gasteiger partial charge is 0.437 e. The lowest BCUT2D eigenvalue weighted by atomic mass is 10.1. The van der Waals surface area contributed by atoms with Crippen molar-refractivity contribution in [2.75, 3.05) is 18.4 Å². The van der Waals surface area contributed by atoms with Crippen LogP contribution in [0.1, 0.15) is 68.2 Å². The van der Waals surface area contributed by atoms with Crippen molar-refractivity contribution in [1.82, 2.24) is 30.1 Å². The summed E-state index contributed by atoms with van der Waals surface area (Å²) in [6.45, 7) is 5.69. The number of allylic oxidation sites excluding steroid dienone is 3. The Labute approximate surface area is 230 Å². The van der Waals surface area contributed by atoms with E-state index >= 15 is 0 Å². The van der Waals surface area contributed by atoms with Gasteiger partial charge in [0.1, 0.15) is 11.5 Å². The van der Waals surface area contributed by atoms with Crippen molar-refractivity contribution >= 4 is 23.0 Å². The number of amides is 1. The van der Waals surface area contributed by atoms with Crippen molar-refractivity contribution in [1.29, 1.82) is 5.53 Å². The molecule has 3 aliphatic rings. The number of carbonyl (C=O) groups excluding carboxylic acids is 1. The van der Waals surface area contributed by atoms with Crippen LogP contribution in [0.15, 0.2) is 47.7 Å². The molecular weight excluding hydrogens is 516 g/mol. The molecule has 1 aliphatic heterocycles. The average Bonchev–Trinajstić information content (AvgIpc) is 3.71. The minimum absolute atomic E-state index is 0.0669. The zero-order chi connectivity index (χ0) is 28.2. The van der Waals surface area contributed by atoms with Crippen molar-refractivity contribution in [2.45, 2.75) is 64.1 Å². The molecule has 0 aromatic carbocycles. The summed E-state index contributed by atoms with van der Waals surface area (Å²) in [7, 11) is 0. The number of ether oxygens (including phenoxy) is 1. The number of likely N-dealkylation sites (tertiary alicyclic amines) is 1. The van der Waals surface area contributed by atoms with Gasteiger partial charge in [0.15, 0.2) is 11.5 Å². The molecule has 14 heteroatoms. The van der Waals surface area contributed by atoms with Crippen molar-refractivity contribution in [3.63, 3.8) is 0 Å². The van der Waals surface area contributed by atoms with Gasteiger partial charge in [-0.2, -0.15) is 15.6 Å². The molecule has 40 heavy (non-hydrogen) atoms. The fourth-order valence-electron chi connectivity index (χ4n) is 4.89. The molecule has 2 aromatic heterocycles. The number of nitro groups is 1. The number of hydrogen-bond acceptors (Lipinski definition) is 11. The van der Waals surface area contributed by atoms with Gasteiger partial charge in [0.05, 0.1) is 17.9 Å². The number of piperidine rings is 1. The van der Waals surface area contributed by atoms with E-state index in [9.17, 15) is 14.9 Å². The summed E-state index contributed by atoms with van der Waals surface area (Å²) >= 11 is 0. The van der Waals surface area contributed by atoms with Gasteiger partial charge in [-0.1, -0.05) is 17.4 Å². The smallest absolute Gasteiger partial charge is 0.295 e. The minimum atomic E-state index is -0.914. The molecule has 0 bridgehead atoms. The molecule has 2 aromatic rings. The maximum Gasteiger partial charge on any atom is 0.295 e. The first kappa shape index (κ1) is 27.1. The van der Waals surface area contributed by atoms with Gasteiger partial charge in [0, 0.05) is 42.7 Å². The Bertz CT molecular complexity index is 1390. The second kappa shape index (κ2) is 11.7. The molecule has 1 unspecified atom stereocenters. The molecule has 2 aliphatic carbocycles. The molecule has 3 heterocycles. The van der Waals surface area contributed by atoms with Crippen molar-refractivity contribution in [3.05, 3.63) is 64.0 Å². The fourth-order valence-corrected chi connectivity index (χ4v) is 4.89. The number of carbonyl (C=O) groups is 1. The zero-order valence-electron chi connectivity index (χ0n) is 22.4. The second-order valence-electron chi connectivity index (χ2n) is 10.1. The van der Waals surface area contributed by atoms with Crippen molar-refractivity contribution in [2.24, 2.45) is 5.22 Å². The van der Waals surface area contributed by atoms with Gasteiger partial charge in [0.2, 0.25) is 11.9 Å². The highest BCUT2D eigenvalue weighted by Gasteiger charge is 2.32. The van der Waals surface area contributed by atoms with Gasteiger partial charge in [-0.05, 0) is 51.2 Å². The summed E-state index contributed by atoms with van der Waals surface area (Å²) in [5.41, 5.74) is 10.6. The summed E-state index contributed by atoms with van der Waals surface area (Å²) in [5, 5.41) is 22.0. The van der Waals surface area contributed by atoms with Gasteiger partial charge in [-0.25, -0.2) is 10.4 Å². The average molecular weight is 549 g/mol. The third-order valence-corrected chi connectivity index (χ3v) is 7.35. The second-order valence-corrected chi connectivity index (χ2v) is 10.1. The Kier molecular flexibility index (Phi) is 7.96. The van der Waals surface area contributed by atoms with E-state index in [1.54, 1.807) is 38.3 Å². The predicted octanol–water partition coefficient (Wildman–Crippen LogP) is 4.18. The fraction of sp³-hybridized carbons (Fsp3) is 0.462. The molecule has 0 spiro atoms. The van der Waals surface area contributed by atoms with E-state index in [1.165, 1.54) is 18.9 Å². The van der Waals surface area contributed by atoms with Gasteiger partial charge in [0.25, 0.3) is 5.91 Å². The van der Waals surface area contributed by atoms with Crippen LogP contribution in [0.4, 0.5) is 11.5 Å². The number of anilines is 2. The lowest BCUT2D eigenvalue weighted by Gasteiger charge is -2.32. The van der Waals surface area contributed by atoms with Crippen molar-refractivity contribution in [3.8, 4) is 5.88 Å². The Morgan fingerprint density at radius 2 is 2.00 bits per heavy atom. The highest BCUT2D eigenvalue weighted by molar-refractivity contribution is 5.97. The van der Waals surface area contributed by atoms with Crippen LogP contribution in [-0.4, -0.2) is 60.7 Å². The molecule has 14 nitrogen and oxygen atoms in total. The Morgan fingerprint density at radius 3 is 2.67 bits per heavy atom. The lowest BCUT2D eigenvalue weighted by Crippen LogP contribution is -2.36. The van der Waals surface area contributed by atoms with Crippen LogP contribution in [0.25, 0.3) is 5.57 Å². The molecule has 0 radical (unpaired) electrons. The first-order valence-corrected chi connectivity index (χ1v) is 13.3. The quantitative estimate of drug-likeness (QED) is 0.223. The number of rotatable bonds is 10. The van der Waals surface area contributed by atoms with Crippen LogP contribution in [0, 0.1) is 15.6 Å². The maximum absolute atomic E-state index is 12.8. The predicted molar refractivity (Wildman–Crippen MR) is 146 cm³/mol. The molecule has 1 amide bonds. The van der Waals surface area contributed by atoms with Gasteiger partial charge < -0.3 is 15.0 Å². The molecule has 1 saturated carbocycles. The molecule has 2 fully saturated rings. The van der Waals surface area contributed by atoms with E-state index in [2.05, 4.69) is 35.9 Å². The van der Waals surface area contributed by atoms with Gasteiger partial charge in [-0.3, -0.25) is 19.6 Å². The van der Waals surface area contributed by atoms with Crippen LogP contribution in [0.5, 0.6) is 5.88 Å². The summed E-state index contributed by atoms with van der Waals surface area (Å²) in [4.78, 5) is 35.4. The first-order chi connectivity index (χ1) is 19.4. The summed E-state index contributed by atoms with van der Waals surface area (Å²) < 4.78 is 7.93. The summed E-state index contributed by atoms with van der Waals surface area (Å²) in [6, 6.07) is 0.118. The highest BCUT2D eigenvalue weighted by atomic mass is 16.6. The zero-order valence-corrected chi connectivity index (χ0v) is 22.4. The van der Waals surface area contributed by atoms with Gasteiger partial charge >= 0.3 is 0 Å². The number of hydrogen-bond donors (Lipinski definition) is 3. The van der Waals surface area contributed by atoms with E-state index < -0.39 is 11.9 Å². The monoisotopic (exact) mass is 548 g/mol. The van der Waals surface area contributed by atoms with E-state index in [4.69, 9.17) is 10.3 Å². The standard InChI is InChI=1S/C26H32N10O4/c1-3-16(2)22-26(40-21-6-4-5-20(13-21)36(38)39)31-24(23(30-22)25(37)32-33-27)29-17-14-28-35(15-17)19-9-11-34(12-10-19)18-7-8-18/h3-4,6,13-15,18-20H,5,7-12H2,1-2H3,(H,29,31)(H2,27,32,37)/b16-3-. The van der Waals surface area contributed by atoms with Crippen molar-refractivity contribution < 1.29 is 14.5 Å². The van der Waals surface area contributed by atoms with Crippen LogP contribution < -0.4 is 15.5 Å². The van der Waals surface area contributed by atoms with E-state index in [0.717, 1.165) is 32.0 Å². The minimum Gasteiger partial charge on any atom is -0.437 e. The third-order valence-electron chi connectivity index (χ3n) is 7.35. The normalized spacial score (nSPS) is 20.1. The van der Waals surface area contributed by atoms with Crippen LogP contribution in [0.2, 0.25) is 0 Å². The SMILES string of the molecule is C/C=C(/C)c1nc(C(=O)NN=N)c(Nc2cnn(C3CCN(C4CC4)CC3)c2)nc1OC1=CC([N+](=O)[O-])CC=C1. The van der Waals surface area contributed by atoms with Gasteiger partial charge in [-0.15, -0.1) is 0 Å². The highest BCUT2D eigenvalue weighted by Crippen LogP contribution is 2.33. The Morgan fingerprint density at radius 1 is 1.23 bits per heavy atom. The molecule has 1 saturated heterocycles. The molecular formula is C26H32N10O4. The maximum atomic E-state index is 12.8. The molecule has 3 N–H and O–H groups in total. The van der Waals surface area contributed by atoms with Crippen LogP contribution in [-0.2, 0) is 0 Å². The summed E-state index contributed by atoms with van der Waals surface area (Å²) in [5.74, 6) is -0.343. The Balaban J connectivity index is 1.44. The first-order valence-electron chi connectivity index (χ1n) is 13.3. The van der Waals surface area contributed by atoms with E-state index in [0.29, 0.717) is 11.3 Å². The third kappa shape index (κ3) is 6.06. The Hall–Kier alpha value is -4.46. The number of aromatic nitrogens is 4. The van der Waals surface area contributed by atoms with E-state index in [1.807, 2.05) is 10.9 Å².